The smallest absolute Gasteiger partial charge is 0.333 e. The van der Waals surface area contributed by atoms with Crippen molar-refractivity contribution < 1.29 is 18.0 Å². The van der Waals surface area contributed by atoms with Crippen LogP contribution in [0.5, 0.6) is 0 Å². The zero-order valence-corrected chi connectivity index (χ0v) is 15.7. The van der Waals surface area contributed by atoms with E-state index in [1.165, 1.54) is 11.3 Å². The Bertz CT molecular complexity index is 902. The van der Waals surface area contributed by atoms with Gasteiger partial charge in [0.1, 0.15) is 6.54 Å². The average molecular weight is 395 g/mol. The van der Waals surface area contributed by atoms with Gasteiger partial charge in [0, 0.05) is 29.4 Å². The van der Waals surface area contributed by atoms with Crippen molar-refractivity contribution in [2.24, 2.45) is 0 Å². The molecule has 0 saturated carbocycles. The first-order valence-corrected chi connectivity index (χ1v) is 9.61. The van der Waals surface area contributed by atoms with Crippen LogP contribution in [0.15, 0.2) is 41.9 Å². The van der Waals surface area contributed by atoms with Gasteiger partial charge in [-0.2, -0.15) is 13.2 Å². The van der Waals surface area contributed by atoms with E-state index in [-0.39, 0.29) is 13.0 Å². The molecule has 0 fully saturated rings. The van der Waals surface area contributed by atoms with Crippen molar-refractivity contribution in [2.45, 2.75) is 32.4 Å². The number of hydrogen-bond donors (Lipinski definition) is 0. The molecule has 0 N–H and O–H groups in total. The number of hydrogen-bond acceptors (Lipinski definition) is 3. The number of aromatic nitrogens is 2. The monoisotopic (exact) mass is 395 g/mol. The van der Waals surface area contributed by atoms with E-state index in [1.54, 1.807) is 9.78 Å². The van der Waals surface area contributed by atoms with E-state index in [1.807, 2.05) is 43.5 Å². The first-order chi connectivity index (χ1) is 12.9. The minimum Gasteiger partial charge on any atom is -0.333 e. The van der Waals surface area contributed by atoms with Crippen molar-refractivity contribution in [3.8, 4) is 11.3 Å². The summed E-state index contributed by atoms with van der Waals surface area (Å²) in [6, 6.07) is 9.61. The van der Waals surface area contributed by atoms with Crippen molar-refractivity contribution in [3.63, 3.8) is 0 Å². The second-order valence-corrected chi connectivity index (χ2v) is 7.17. The normalized spacial score (nSPS) is 11.9. The highest BCUT2D eigenvalue weighted by Gasteiger charge is 2.32. The molecule has 0 spiro atoms. The number of alkyl halides is 3. The summed E-state index contributed by atoms with van der Waals surface area (Å²) >= 11 is 1.37. The molecule has 2 aromatic heterocycles. The van der Waals surface area contributed by atoms with Crippen LogP contribution < -0.4 is 0 Å². The summed E-state index contributed by atoms with van der Waals surface area (Å²) in [6.07, 6.45) is -1.38. The Labute approximate surface area is 159 Å². The summed E-state index contributed by atoms with van der Waals surface area (Å²) in [5, 5.41) is 1.78. The van der Waals surface area contributed by atoms with Gasteiger partial charge in [0.15, 0.2) is 4.96 Å². The molecule has 0 unspecified atom stereocenters. The van der Waals surface area contributed by atoms with Gasteiger partial charge in [-0.05, 0) is 6.42 Å². The summed E-state index contributed by atoms with van der Waals surface area (Å²) in [5.74, 6) is -0.518. The van der Waals surface area contributed by atoms with Crippen LogP contribution in [0.25, 0.3) is 16.2 Å². The fraction of sp³-hybridized carbons (Fsp3) is 0.368. The molecule has 3 rings (SSSR count). The first kappa shape index (κ1) is 19.4. The number of fused-ring (bicyclic) bond motifs is 1. The van der Waals surface area contributed by atoms with Gasteiger partial charge in [0.05, 0.1) is 12.1 Å². The van der Waals surface area contributed by atoms with E-state index >= 15 is 0 Å². The quantitative estimate of drug-likeness (QED) is 0.577. The van der Waals surface area contributed by atoms with Crippen LogP contribution in [0.4, 0.5) is 13.2 Å². The van der Waals surface area contributed by atoms with E-state index in [4.69, 9.17) is 0 Å². The lowest BCUT2D eigenvalue weighted by Gasteiger charge is -2.23. The van der Waals surface area contributed by atoms with E-state index in [0.717, 1.165) is 22.6 Å². The maximum Gasteiger partial charge on any atom is 0.406 e. The lowest BCUT2D eigenvalue weighted by molar-refractivity contribution is -0.161. The highest BCUT2D eigenvalue weighted by atomic mass is 32.1. The molecule has 0 saturated heterocycles. The van der Waals surface area contributed by atoms with Gasteiger partial charge in [-0.15, -0.1) is 11.3 Å². The van der Waals surface area contributed by atoms with Gasteiger partial charge in [0.2, 0.25) is 5.91 Å². The molecular weight excluding hydrogens is 375 g/mol. The molecule has 144 valence electrons. The molecule has 2 heterocycles. The number of amides is 1. The topological polar surface area (TPSA) is 37.6 Å². The van der Waals surface area contributed by atoms with Crippen LogP contribution in [-0.2, 0) is 11.2 Å². The highest BCUT2D eigenvalue weighted by molar-refractivity contribution is 7.15. The third-order valence-corrected chi connectivity index (χ3v) is 5.08. The van der Waals surface area contributed by atoms with Gasteiger partial charge < -0.3 is 4.90 Å². The van der Waals surface area contributed by atoms with E-state index in [9.17, 15) is 18.0 Å². The second-order valence-electron chi connectivity index (χ2n) is 6.33. The molecule has 0 aliphatic rings. The van der Waals surface area contributed by atoms with Crippen LogP contribution in [-0.4, -0.2) is 39.5 Å². The lowest BCUT2D eigenvalue weighted by atomic mass is 10.2. The molecule has 0 aliphatic heterocycles. The Hall–Kier alpha value is -2.35. The Morgan fingerprint density at radius 3 is 2.67 bits per heavy atom. The zero-order chi connectivity index (χ0) is 19.4. The van der Waals surface area contributed by atoms with Gasteiger partial charge in [-0.1, -0.05) is 43.7 Å². The van der Waals surface area contributed by atoms with Gasteiger partial charge >= 0.3 is 6.18 Å². The van der Waals surface area contributed by atoms with Crippen molar-refractivity contribution in [3.05, 3.63) is 47.6 Å². The van der Waals surface area contributed by atoms with E-state index in [2.05, 4.69) is 4.98 Å². The molecule has 0 radical (unpaired) electrons. The highest BCUT2D eigenvalue weighted by Crippen LogP contribution is 2.24. The van der Waals surface area contributed by atoms with Gasteiger partial charge in [0.25, 0.3) is 0 Å². The standard InChI is InChI=1S/C19H20F3N3OS/c1-2-3-9-24(13-19(20,21)22)17(26)10-15-12-27-18-23-16(11-25(15)18)14-7-5-4-6-8-14/h4-8,11-12H,2-3,9-10,13H2,1H3. The number of unbranched alkanes of at least 4 members (excludes halogenated alkanes) is 1. The average Bonchev–Trinajstić information content (AvgIpc) is 3.20. The van der Waals surface area contributed by atoms with Gasteiger partial charge in [-0.25, -0.2) is 4.98 Å². The van der Waals surface area contributed by atoms with Crippen LogP contribution in [0.1, 0.15) is 25.5 Å². The number of benzene rings is 1. The number of thiazole rings is 1. The predicted octanol–water partition coefficient (Wildman–Crippen LogP) is 4.80. The van der Waals surface area contributed by atoms with E-state index < -0.39 is 18.6 Å². The molecule has 27 heavy (non-hydrogen) atoms. The van der Waals surface area contributed by atoms with E-state index in [0.29, 0.717) is 17.1 Å². The molecule has 3 aromatic rings. The summed E-state index contributed by atoms with van der Waals surface area (Å²) < 4.78 is 40.2. The number of imidazole rings is 1. The molecular formula is C19H20F3N3OS. The van der Waals surface area contributed by atoms with Crippen molar-refractivity contribution in [1.82, 2.24) is 14.3 Å². The Balaban J connectivity index is 1.80. The van der Waals surface area contributed by atoms with Crippen LogP contribution in [0.3, 0.4) is 0 Å². The molecule has 8 heteroatoms. The Morgan fingerprint density at radius 1 is 1.26 bits per heavy atom. The third kappa shape index (κ3) is 4.88. The number of carbonyl (C=O) groups excluding carboxylic acids is 1. The Morgan fingerprint density at radius 2 is 2.00 bits per heavy atom. The third-order valence-electron chi connectivity index (χ3n) is 4.19. The lowest BCUT2D eigenvalue weighted by Crippen LogP contribution is -2.40. The fourth-order valence-electron chi connectivity index (χ4n) is 2.83. The number of nitrogens with zero attached hydrogens (tertiary/aromatic N) is 3. The van der Waals surface area contributed by atoms with Crippen LogP contribution >= 0.6 is 11.3 Å². The zero-order valence-electron chi connectivity index (χ0n) is 14.9. The molecule has 0 aliphatic carbocycles. The molecule has 4 nitrogen and oxygen atoms in total. The molecule has 0 bridgehead atoms. The summed E-state index contributed by atoms with van der Waals surface area (Å²) in [4.78, 5) is 18.7. The van der Waals surface area contributed by atoms with Crippen molar-refractivity contribution >= 4 is 22.2 Å². The minimum absolute atomic E-state index is 0.0790. The summed E-state index contributed by atoms with van der Waals surface area (Å²) in [6.45, 7) is 0.787. The SMILES string of the molecule is CCCCN(CC(F)(F)F)C(=O)Cc1csc2nc(-c3ccccc3)cn12. The maximum atomic E-state index is 12.8. The van der Waals surface area contributed by atoms with Crippen molar-refractivity contribution in [2.75, 3.05) is 13.1 Å². The minimum atomic E-state index is -4.40. The predicted molar refractivity (Wildman–Crippen MR) is 99.8 cm³/mol. The fourth-order valence-corrected chi connectivity index (χ4v) is 3.70. The Kier molecular flexibility index (Phi) is 5.84. The van der Waals surface area contributed by atoms with Crippen LogP contribution in [0, 0.1) is 0 Å². The number of carbonyl (C=O) groups is 1. The van der Waals surface area contributed by atoms with Crippen molar-refractivity contribution in [1.29, 1.82) is 0 Å². The molecule has 1 amide bonds. The molecule has 0 atom stereocenters. The molecule has 1 aromatic carbocycles. The van der Waals surface area contributed by atoms with Gasteiger partial charge in [-0.3, -0.25) is 9.20 Å². The summed E-state index contributed by atoms with van der Waals surface area (Å²) in [7, 11) is 0. The number of halogens is 3. The maximum absolute atomic E-state index is 12.8. The number of rotatable bonds is 7. The largest absolute Gasteiger partial charge is 0.406 e. The first-order valence-electron chi connectivity index (χ1n) is 8.73. The second kappa shape index (κ2) is 8.12. The summed E-state index contributed by atoms with van der Waals surface area (Å²) in [5.41, 5.74) is 2.37. The van der Waals surface area contributed by atoms with Crippen LogP contribution in [0.2, 0.25) is 0 Å².